The minimum absolute atomic E-state index is 0.245. The Morgan fingerprint density at radius 2 is 1.50 bits per heavy atom. The zero-order valence-electron chi connectivity index (χ0n) is 9.45. The van der Waals surface area contributed by atoms with Crippen LogP contribution in [0.2, 0.25) is 0 Å². The molecule has 0 aromatic heterocycles. The molecule has 0 bridgehead atoms. The van der Waals surface area contributed by atoms with Crippen LogP contribution in [0.3, 0.4) is 0 Å². The standard InChI is InChI=1S/C12H18O4/c1-4-5-6-7-10(8(2)11(13)14)9(3)12(15)16/h10H,2-7H2,1H3,(H,13,14)(H,15,16)/p-2. The Hall–Kier alpha value is -1.58. The highest BCUT2D eigenvalue weighted by atomic mass is 16.4. The molecule has 0 rings (SSSR count). The van der Waals surface area contributed by atoms with Crippen LogP contribution in [0.1, 0.15) is 32.6 Å². The lowest BCUT2D eigenvalue weighted by molar-refractivity contribution is -0.300. The van der Waals surface area contributed by atoms with Crippen LogP contribution in [0, 0.1) is 5.92 Å². The van der Waals surface area contributed by atoms with E-state index in [1.165, 1.54) is 0 Å². The van der Waals surface area contributed by atoms with Gasteiger partial charge in [-0.1, -0.05) is 39.3 Å². The summed E-state index contributed by atoms with van der Waals surface area (Å²) in [5.74, 6) is -3.67. The van der Waals surface area contributed by atoms with E-state index in [-0.39, 0.29) is 11.1 Å². The molecule has 90 valence electrons. The number of carboxylic acids is 2. The summed E-state index contributed by atoms with van der Waals surface area (Å²) in [6, 6.07) is 0. The Morgan fingerprint density at radius 3 is 1.81 bits per heavy atom. The zero-order valence-corrected chi connectivity index (χ0v) is 9.45. The molecule has 0 saturated heterocycles. The molecule has 0 aliphatic rings. The topological polar surface area (TPSA) is 80.3 Å². The predicted octanol–water partition coefficient (Wildman–Crippen LogP) is -0.205. The molecule has 16 heavy (non-hydrogen) atoms. The van der Waals surface area contributed by atoms with E-state index in [2.05, 4.69) is 13.2 Å². The van der Waals surface area contributed by atoms with Crippen LogP contribution >= 0.6 is 0 Å². The van der Waals surface area contributed by atoms with Crippen LogP contribution in [0.5, 0.6) is 0 Å². The quantitative estimate of drug-likeness (QED) is 0.422. The number of carbonyl (C=O) groups excluding carboxylic acids is 2. The lowest BCUT2D eigenvalue weighted by atomic mass is 9.87. The molecule has 4 heteroatoms. The highest BCUT2D eigenvalue weighted by Gasteiger charge is 2.17. The normalized spacial score (nSPS) is 10.1. The molecule has 0 amide bonds. The third kappa shape index (κ3) is 4.29. The fourth-order valence-corrected chi connectivity index (χ4v) is 1.44. The Bertz CT molecular complexity index is 278. The second-order valence-electron chi connectivity index (χ2n) is 3.67. The van der Waals surface area contributed by atoms with Crippen molar-refractivity contribution in [3.8, 4) is 0 Å². The van der Waals surface area contributed by atoms with Gasteiger partial charge in [0.15, 0.2) is 0 Å². The Morgan fingerprint density at radius 1 is 1.06 bits per heavy atom. The van der Waals surface area contributed by atoms with Crippen molar-refractivity contribution in [2.45, 2.75) is 32.6 Å². The van der Waals surface area contributed by atoms with Crippen molar-refractivity contribution < 1.29 is 19.8 Å². The summed E-state index contributed by atoms with van der Waals surface area (Å²) in [6.45, 7) is 8.64. The number of rotatable bonds is 8. The van der Waals surface area contributed by atoms with Crippen LogP contribution in [-0.4, -0.2) is 11.9 Å². The molecular formula is C12H16O4-2. The van der Waals surface area contributed by atoms with Gasteiger partial charge in [-0.25, -0.2) is 0 Å². The third-order valence-electron chi connectivity index (χ3n) is 2.46. The van der Waals surface area contributed by atoms with E-state index in [1.54, 1.807) is 0 Å². The molecule has 0 heterocycles. The molecule has 0 unspecified atom stereocenters. The second-order valence-corrected chi connectivity index (χ2v) is 3.67. The van der Waals surface area contributed by atoms with Crippen LogP contribution in [-0.2, 0) is 9.59 Å². The van der Waals surface area contributed by atoms with Crippen molar-refractivity contribution in [3.05, 3.63) is 24.3 Å². The molecule has 4 nitrogen and oxygen atoms in total. The van der Waals surface area contributed by atoms with Crippen molar-refractivity contribution in [3.63, 3.8) is 0 Å². The third-order valence-corrected chi connectivity index (χ3v) is 2.46. The van der Waals surface area contributed by atoms with E-state index in [0.29, 0.717) is 6.42 Å². The SMILES string of the molecule is C=C(C(=O)[O-])C(CCCCC)C(=C)C(=O)[O-]. The monoisotopic (exact) mass is 224 g/mol. The first-order chi connectivity index (χ1) is 7.41. The molecule has 0 atom stereocenters. The number of unbranched alkanes of at least 4 members (excludes halogenated alkanes) is 2. The molecule has 0 fully saturated rings. The van der Waals surface area contributed by atoms with Gasteiger partial charge in [0.05, 0.1) is 11.9 Å². The van der Waals surface area contributed by atoms with Gasteiger partial charge in [0.1, 0.15) is 0 Å². The molecule has 0 aromatic carbocycles. The van der Waals surface area contributed by atoms with Crippen LogP contribution in [0.25, 0.3) is 0 Å². The lowest BCUT2D eigenvalue weighted by Gasteiger charge is -2.23. The molecule has 0 aliphatic carbocycles. The molecule has 0 aliphatic heterocycles. The zero-order chi connectivity index (χ0) is 12.7. The summed E-state index contributed by atoms with van der Waals surface area (Å²) in [4.78, 5) is 21.3. The average molecular weight is 224 g/mol. The molecule has 0 N–H and O–H groups in total. The van der Waals surface area contributed by atoms with Gasteiger partial charge in [0.25, 0.3) is 0 Å². The average Bonchev–Trinajstić information content (AvgIpc) is 2.22. The maximum absolute atomic E-state index is 10.6. The van der Waals surface area contributed by atoms with Gasteiger partial charge in [0, 0.05) is 5.92 Å². The molecular weight excluding hydrogens is 208 g/mol. The maximum atomic E-state index is 10.6. The van der Waals surface area contributed by atoms with E-state index in [4.69, 9.17) is 0 Å². The van der Waals surface area contributed by atoms with Crippen molar-refractivity contribution >= 4 is 11.9 Å². The van der Waals surface area contributed by atoms with Gasteiger partial charge in [-0.15, -0.1) is 0 Å². The molecule has 0 saturated carbocycles. The van der Waals surface area contributed by atoms with Crippen molar-refractivity contribution in [2.75, 3.05) is 0 Å². The lowest BCUT2D eigenvalue weighted by Crippen LogP contribution is -2.33. The Labute approximate surface area is 95.3 Å². The fraction of sp³-hybridized carbons (Fsp3) is 0.500. The number of hydrogen-bond donors (Lipinski definition) is 0. The number of aliphatic carboxylic acids is 2. The molecule has 0 spiro atoms. The first-order valence-corrected chi connectivity index (χ1v) is 5.22. The first-order valence-electron chi connectivity index (χ1n) is 5.22. The van der Waals surface area contributed by atoms with E-state index >= 15 is 0 Å². The smallest absolute Gasteiger partial charge is 0.0675 e. The van der Waals surface area contributed by atoms with E-state index in [1.807, 2.05) is 6.92 Å². The van der Waals surface area contributed by atoms with Crippen molar-refractivity contribution in [1.29, 1.82) is 0 Å². The summed E-state index contributed by atoms with van der Waals surface area (Å²) in [6.07, 6.45) is 2.98. The number of carboxylic acid groups (broad SMARTS) is 2. The van der Waals surface area contributed by atoms with Crippen molar-refractivity contribution in [2.24, 2.45) is 5.92 Å². The summed E-state index contributed by atoms with van der Waals surface area (Å²) in [5, 5.41) is 21.3. The minimum atomic E-state index is -1.44. The minimum Gasteiger partial charge on any atom is -0.545 e. The van der Waals surface area contributed by atoms with E-state index in [0.717, 1.165) is 19.3 Å². The summed E-state index contributed by atoms with van der Waals surface area (Å²) < 4.78 is 0. The Balaban J connectivity index is 4.63. The highest BCUT2D eigenvalue weighted by Crippen LogP contribution is 2.24. The molecule has 0 aromatic rings. The van der Waals surface area contributed by atoms with Gasteiger partial charge >= 0.3 is 0 Å². The largest absolute Gasteiger partial charge is 0.545 e. The maximum Gasteiger partial charge on any atom is 0.0675 e. The predicted molar refractivity (Wildman–Crippen MR) is 55.9 cm³/mol. The summed E-state index contributed by atoms with van der Waals surface area (Å²) in [5.41, 5.74) is -0.490. The van der Waals surface area contributed by atoms with Crippen LogP contribution < -0.4 is 10.2 Å². The van der Waals surface area contributed by atoms with E-state index < -0.39 is 17.9 Å². The summed E-state index contributed by atoms with van der Waals surface area (Å²) in [7, 11) is 0. The van der Waals surface area contributed by atoms with Crippen LogP contribution in [0.15, 0.2) is 24.3 Å². The number of carbonyl (C=O) groups is 2. The van der Waals surface area contributed by atoms with Crippen molar-refractivity contribution in [1.82, 2.24) is 0 Å². The highest BCUT2D eigenvalue weighted by molar-refractivity contribution is 5.91. The van der Waals surface area contributed by atoms with Gasteiger partial charge in [-0.05, 0) is 17.6 Å². The van der Waals surface area contributed by atoms with Gasteiger partial charge in [0.2, 0.25) is 0 Å². The molecule has 0 radical (unpaired) electrons. The van der Waals surface area contributed by atoms with Crippen LogP contribution in [0.4, 0.5) is 0 Å². The second kappa shape index (κ2) is 6.82. The Kier molecular flexibility index (Phi) is 6.15. The van der Waals surface area contributed by atoms with E-state index in [9.17, 15) is 19.8 Å². The first kappa shape index (κ1) is 14.4. The van der Waals surface area contributed by atoms with Gasteiger partial charge < -0.3 is 19.8 Å². The number of hydrogen-bond acceptors (Lipinski definition) is 4. The van der Waals surface area contributed by atoms with Gasteiger partial charge in [-0.2, -0.15) is 0 Å². The summed E-state index contributed by atoms with van der Waals surface area (Å²) >= 11 is 0. The van der Waals surface area contributed by atoms with Gasteiger partial charge in [-0.3, -0.25) is 0 Å². The fourth-order valence-electron chi connectivity index (χ4n) is 1.44.